The number of fused-ring (bicyclic) bond motifs is 1. The van der Waals surface area contributed by atoms with Crippen LogP contribution in [0.25, 0.3) is 0 Å². The molecule has 1 aromatic heterocycles. The second-order valence-corrected chi connectivity index (χ2v) is 3.30. The lowest BCUT2D eigenvalue weighted by molar-refractivity contribution is 0.444. The van der Waals surface area contributed by atoms with Crippen molar-refractivity contribution >= 4 is 0 Å². The van der Waals surface area contributed by atoms with Crippen molar-refractivity contribution in [1.82, 2.24) is 14.8 Å². The predicted molar refractivity (Wildman–Crippen MR) is 45.7 cm³/mol. The summed E-state index contributed by atoms with van der Waals surface area (Å²) in [6, 6.07) is 0.291. The van der Waals surface area contributed by atoms with Gasteiger partial charge in [-0.1, -0.05) is 6.92 Å². The first-order valence-electron chi connectivity index (χ1n) is 4.47. The van der Waals surface area contributed by atoms with Gasteiger partial charge in [0.15, 0.2) is 0 Å². The van der Waals surface area contributed by atoms with Crippen LogP contribution < -0.4 is 5.73 Å². The molecule has 66 valence electrons. The first kappa shape index (κ1) is 7.73. The van der Waals surface area contributed by atoms with E-state index in [1.165, 1.54) is 0 Å². The number of nitrogens with two attached hydrogens (primary N) is 1. The minimum absolute atomic E-state index is 0.291. The van der Waals surface area contributed by atoms with E-state index in [9.17, 15) is 0 Å². The van der Waals surface area contributed by atoms with Crippen LogP contribution >= 0.6 is 0 Å². The number of nitrogens with zero attached hydrogens (tertiary/aromatic N) is 3. The van der Waals surface area contributed by atoms with Gasteiger partial charge in [-0.2, -0.15) is 0 Å². The molecule has 2 heterocycles. The topological polar surface area (TPSA) is 56.7 Å². The highest BCUT2D eigenvalue weighted by molar-refractivity contribution is 5.00. The van der Waals surface area contributed by atoms with Crippen molar-refractivity contribution in [2.24, 2.45) is 5.73 Å². The molecule has 1 aromatic rings. The molecule has 0 amide bonds. The molecule has 2 rings (SSSR count). The minimum atomic E-state index is 0.291. The molecule has 0 bridgehead atoms. The number of hydrogen-bond acceptors (Lipinski definition) is 3. The van der Waals surface area contributed by atoms with Gasteiger partial charge in [0.2, 0.25) is 0 Å². The first-order valence-corrected chi connectivity index (χ1v) is 4.47. The second-order valence-electron chi connectivity index (χ2n) is 3.30. The average Bonchev–Trinajstić information content (AvgIpc) is 2.46. The van der Waals surface area contributed by atoms with E-state index in [1.807, 2.05) is 0 Å². The molecular formula is C8H14N4. The van der Waals surface area contributed by atoms with Gasteiger partial charge in [0.1, 0.15) is 11.6 Å². The smallest absolute Gasteiger partial charge is 0.133 e. The molecule has 12 heavy (non-hydrogen) atoms. The number of aryl methyl sites for hydroxylation is 2. The summed E-state index contributed by atoms with van der Waals surface area (Å²) in [6.45, 7) is 2.99. The van der Waals surface area contributed by atoms with E-state index < -0.39 is 0 Å². The molecule has 0 unspecified atom stereocenters. The zero-order chi connectivity index (χ0) is 8.55. The van der Waals surface area contributed by atoms with Crippen molar-refractivity contribution in [3.63, 3.8) is 0 Å². The van der Waals surface area contributed by atoms with Gasteiger partial charge in [0.25, 0.3) is 0 Å². The Morgan fingerprint density at radius 2 is 2.42 bits per heavy atom. The van der Waals surface area contributed by atoms with E-state index in [0.717, 1.165) is 37.5 Å². The molecule has 0 spiro atoms. The van der Waals surface area contributed by atoms with E-state index in [2.05, 4.69) is 21.7 Å². The van der Waals surface area contributed by atoms with Gasteiger partial charge in [0.05, 0.1) is 0 Å². The third kappa shape index (κ3) is 1.12. The Morgan fingerprint density at radius 3 is 3.17 bits per heavy atom. The van der Waals surface area contributed by atoms with Gasteiger partial charge in [-0.15, -0.1) is 10.2 Å². The van der Waals surface area contributed by atoms with Crippen molar-refractivity contribution in [1.29, 1.82) is 0 Å². The van der Waals surface area contributed by atoms with Gasteiger partial charge in [0, 0.05) is 25.4 Å². The summed E-state index contributed by atoms with van der Waals surface area (Å²) < 4.78 is 2.16. The summed E-state index contributed by atoms with van der Waals surface area (Å²) in [5, 5.41) is 8.23. The molecule has 1 aliphatic heterocycles. The Kier molecular flexibility index (Phi) is 1.84. The third-order valence-electron chi connectivity index (χ3n) is 2.38. The third-order valence-corrected chi connectivity index (χ3v) is 2.38. The average molecular weight is 166 g/mol. The molecule has 4 heteroatoms. The van der Waals surface area contributed by atoms with E-state index in [-0.39, 0.29) is 0 Å². The summed E-state index contributed by atoms with van der Waals surface area (Å²) in [4.78, 5) is 0. The van der Waals surface area contributed by atoms with Gasteiger partial charge < -0.3 is 10.3 Å². The molecule has 2 N–H and O–H groups in total. The predicted octanol–water partition coefficient (Wildman–Crippen LogP) is 0.114. The van der Waals surface area contributed by atoms with Crippen LogP contribution in [0.3, 0.4) is 0 Å². The van der Waals surface area contributed by atoms with Crippen LogP contribution in [0.15, 0.2) is 0 Å². The lowest BCUT2D eigenvalue weighted by atomic mass is 10.1. The Labute approximate surface area is 71.8 Å². The monoisotopic (exact) mass is 166 g/mol. The fourth-order valence-corrected chi connectivity index (χ4v) is 1.67. The lowest BCUT2D eigenvalue weighted by Gasteiger charge is -2.20. The molecule has 4 nitrogen and oxygen atoms in total. The molecule has 1 atom stereocenters. The van der Waals surface area contributed by atoms with E-state index in [1.54, 1.807) is 0 Å². The van der Waals surface area contributed by atoms with E-state index in [0.29, 0.717) is 6.04 Å². The zero-order valence-corrected chi connectivity index (χ0v) is 7.32. The highest BCUT2D eigenvalue weighted by Crippen LogP contribution is 2.13. The normalized spacial score (nSPS) is 22.3. The first-order chi connectivity index (χ1) is 5.81. The van der Waals surface area contributed by atoms with Crippen LogP contribution in [0.2, 0.25) is 0 Å². The molecular weight excluding hydrogens is 152 g/mol. The highest BCUT2D eigenvalue weighted by Gasteiger charge is 2.18. The summed E-state index contributed by atoms with van der Waals surface area (Å²) in [7, 11) is 0. The van der Waals surface area contributed by atoms with Gasteiger partial charge >= 0.3 is 0 Å². The minimum Gasteiger partial charge on any atom is -0.326 e. The summed E-state index contributed by atoms with van der Waals surface area (Å²) >= 11 is 0. The molecule has 0 saturated carbocycles. The summed E-state index contributed by atoms with van der Waals surface area (Å²) in [6.07, 6.45) is 2.97. The summed E-state index contributed by atoms with van der Waals surface area (Å²) in [5.74, 6) is 2.17. The molecule has 0 saturated heterocycles. The van der Waals surface area contributed by atoms with Crippen LogP contribution in [0.1, 0.15) is 25.0 Å². The van der Waals surface area contributed by atoms with Crippen LogP contribution in [0.5, 0.6) is 0 Å². The zero-order valence-electron chi connectivity index (χ0n) is 7.32. The van der Waals surface area contributed by atoms with Crippen LogP contribution in [0, 0.1) is 0 Å². The fourth-order valence-electron chi connectivity index (χ4n) is 1.67. The Morgan fingerprint density at radius 1 is 1.58 bits per heavy atom. The quantitative estimate of drug-likeness (QED) is 0.644. The molecule has 0 radical (unpaired) electrons. The van der Waals surface area contributed by atoms with Crippen LogP contribution in [-0.2, 0) is 19.4 Å². The molecule has 1 aliphatic rings. The second kappa shape index (κ2) is 2.86. The maximum atomic E-state index is 5.86. The lowest BCUT2D eigenvalue weighted by Crippen LogP contribution is -2.32. The van der Waals surface area contributed by atoms with Gasteiger partial charge in [-0.05, 0) is 6.42 Å². The number of hydrogen-bond donors (Lipinski definition) is 1. The van der Waals surface area contributed by atoms with Crippen LogP contribution in [-0.4, -0.2) is 20.8 Å². The van der Waals surface area contributed by atoms with Crippen molar-refractivity contribution in [2.45, 2.75) is 38.8 Å². The summed E-state index contributed by atoms with van der Waals surface area (Å²) in [5.41, 5.74) is 5.86. The molecule has 0 aromatic carbocycles. The SMILES string of the molecule is CCc1nnc2n1C[C@@H](N)CC2. The van der Waals surface area contributed by atoms with Gasteiger partial charge in [-0.3, -0.25) is 0 Å². The Balaban J connectivity index is 2.34. The number of rotatable bonds is 1. The fraction of sp³-hybridized carbons (Fsp3) is 0.750. The number of aromatic nitrogens is 3. The van der Waals surface area contributed by atoms with E-state index >= 15 is 0 Å². The Hall–Kier alpha value is -0.900. The molecule has 0 fully saturated rings. The largest absolute Gasteiger partial charge is 0.326 e. The van der Waals surface area contributed by atoms with E-state index in [4.69, 9.17) is 5.73 Å². The van der Waals surface area contributed by atoms with Crippen molar-refractivity contribution in [3.8, 4) is 0 Å². The highest BCUT2D eigenvalue weighted by atomic mass is 15.3. The van der Waals surface area contributed by atoms with Crippen LogP contribution in [0.4, 0.5) is 0 Å². The Bertz CT molecular complexity index is 265. The standard InChI is InChI=1S/C8H14N4/c1-2-7-10-11-8-4-3-6(9)5-12(7)8/h6H,2-5,9H2,1H3/t6-/m0/s1. The van der Waals surface area contributed by atoms with Crippen molar-refractivity contribution in [2.75, 3.05) is 0 Å². The van der Waals surface area contributed by atoms with Crippen molar-refractivity contribution in [3.05, 3.63) is 11.6 Å². The van der Waals surface area contributed by atoms with Crippen molar-refractivity contribution < 1.29 is 0 Å². The maximum absolute atomic E-state index is 5.86. The van der Waals surface area contributed by atoms with Gasteiger partial charge in [-0.25, -0.2) is 0 Å². The molecule has 0 aliphatic carbocycles. The maximum Gasteiger partial charge on any atom is 0.133 e.